The normalized spacial score (nSPS) is 10.1. The van der Waals surface area contributed by atoms with E-state index in [-0.39, 0.29) is 12.4 Å². The molecule has 15 heavy (non-hydrogen) atoms. The lowest BCUT2D eigenvalue weighted by molar-refractivity contribution is 0.600. The summed E-state index contributed by atoms with van der Waals surface area (Å²) in [6, 6.07) is 1.59. The van der Waals surface area contributed by atoms with Crippen molar-refractivity contribution < 1.29 is 4.39 Å². The van der Waals surface area contributed by atoms with Crippen molar-refractivity contribution in [1.29, 1.82) is 0 Å². The van der Waals surface area contributed by atoms with Crippen LogP contribution < -0.4 is 10.6 Å². The lowest BCUT2D eigenvalue weighted by Gasteiger charge is -2.19. The third-order valence-electron chi connectivity index (χ3n) is 2.04. The molecule has 1 rings (SSSR count). The molecule has 0 aromatic carbocycles. The van der Waals surface area contributed by atoms with Gasteiger partial charge in [0.1, 0.15) is 0 Å². The number of anilines is 1. The van der Waals surface area contributed by atoms with Crippen molar-refractivity contribution in [2.45, 2.75) is 13.5 Å². The molecule has 0 radical (unpaired) electrons. The monoisotopic (exact) mass is 209 g/mol. The van der Waals surface area contributed by atoms with Crippen molar-refractivity contribution in [3.8, 4) is 0 Å². The third kappa shape index (κ3) is 2.76. The number of aromatic nitrogens is 1. The Labute approximate surface area is 89.4 Å². The number of hydrogen-bond acceptors (Lipinski definition) is 3. The predicted octanol–water partition coefficient (Wildman–Crippen LogP) is 1.69. The highest BCUT2D eigenvalue weighted by Crippen LogP contribution is 2.18. The predicted molar refractivity (Wildman–Crippen MR) is 60.2 cm³/mol. The molecule has 3 nitrogen and oxygen atoms in total. The Morgan fingerprint density at radius 2 is 2.33 bits per heavy atom. The van der Waals surface area contributed by atoms with E-state index in [0.717, 1.165) is 5.57 Å². The van der Waals surface area contributed by atoms with Crippen molar-refractivity contribution in [1.82, 2.24) is 4.98 Å². The van der Waals surface area contributed by atoms with Crippen LogP contribution in [0.15, 0.2) is 24.4 Å². The first-order valence-electron chi connectivity index (χ1n) is 4.75. The first-order valence-corrected chi connectivity index (χ1v) is 4.75. The number of pyridine rings is 1. The molecule has 0 fully saturated rings. The first-order chi connectivity index (χ1) is 7.06. The number of rotatable bonds is 4. The average Bonchev–Trinajstić information content (AvgIpc) is 2.17. The van der Waals surface area contributed by atoms with Crippen LogP contribution in [-0.4, -0.2) is 18.6 Å². The summed E-state index contributed by atoms with van der Waals surface area (Å²) >= 11 is 0. The largest absolute Gasteiger partial charge is 0.353 e. The SMILES string of the molecule is C=C(C)CN(C)c1nccc(CN)c1F. The van der Waals surface area contributed by atoms with Crippen LogP contribution in [0.1, 0.15) is 12.5 Å². The summed E-state index contributed by atoms with van der Waals surface area (Å²) in [7, 11) is 1.78. The van der Waals surface area contributed by atoms with E-state index < -0.39 is 0 Å². The second-order valence-electron chi connectivity index (χ2n) is 3.62. The molecule has 0 aliphatic rings. The van der Waals surface area contributed by atoms with E-state index in [4.69, 9.17) is 5.73 Å². The Hall–Kier alpha value is -1.42. The molecule has 0 bridgehead atoms. The molecule has 1 aromatic heterocycles. The second-order valence-corrected chi connectivity index (χ2v) is 3.62. The number of hydrogen-bond donors (Lipinski definition) is 1. The van der Waals surface area contributed by atoms with Gasteiger partial charge in [-0.3, -0.25) is 0 Å². The summed E-state index contributed by atoms with van der Waals surface area (Å²) < 4.78 is 13.8. The molecule has 0 saturated carbocycles. The van der Waals surface area contributed by atoms with Crippen LogP contribution in [0.3, 0.4) is 0 Å². The minimum absolute atomic E-state index is 0.183. The smallest absolute Gasteiger partial charge is 0.170 e. The van der Waals surface area contributed by atoms with Crippen LogP contribution in [0.25, 0.3) is 0 Å². The Morgan fingerprint density at radius 1 is 1.67 bits per heavy atom. The van der Waals surface area contributed by atoms with Gasteiger partial charge in [0.05, 0.1) is 0 Å². The summed E-state index contributed by atoms with van der Waals surface area (Å²) in [5.41, 5.74) is 6.85. The van der Waals surface area contributed by atoms with Gasteiger partial charge in [0, 0.05) is 31.9 Å². The van der Waals surface area contributed by atoms with Gasteiger partial charge in [0.2, 0.25) is 0 Å². The van der Waals surface area contributed by atoms with E-state index in [9.17, 15) is 4.39 Å². The van der Waals surface area contributed by atoms with Gasteiger partial charge in [-0.05, 0) is 13.0 Å². The van der Waals surface area contributed by atoms with Gasteiger partial charge in [-0.25, -0.2) is 9.37 Å². The highest BCUT2D eigenvalue weighted by molar-refractivity contribution is 5.43. The molecule has 0 aliphatic carbocycles. The van der Waals surface area contributed by atoms with Crippen LogP contribution in [0.5, 0.6) is 0 Å². The lowest BCUT2D eigenvalue weighted by atomic mass is 10.2. The molecule has 82 valence electrons. The maximum Gasteiger partial charge on any atom is 0.170 e. The van der Waals surface area contributed by atoms with E-state index in [2.05, 4.69) is 11.6 Å². The van der Waals surface area contributed by atoms with Crippen LogP contribution in [-0.2, 0) is 6.54 Å². The van der Waals surface area contributed by atoms with Crippen molar-refractivity contribution in [3.63, 3.8) is 0 Å². The van der Waals surface area contributed by atoms with Gasteiger partial charge in [-0.1, -0.05) is 12.2 Å². The molecule has 0 atom stereocenters. The number of halogens is 1. The average molecular weight is 209 g/mol. The van der Waals surface area contributed by atoms with E-state index >= 15 is 0 Å². The summed E-state index contributed by atoms with van der Waals surface area (Å²) in [5, 5.41) is 0. The van der Waals surface area contributed by atoms with Crippen molar-refractivity contribution in [2.75, 3.05) is 18.5 Å². The van der Waals surface area contributed by atoms with Gasteiger partial charge in [0.15, 0.2) is 11.6 Å². The van der Waals surface area contributed by atoms with E-state index in [1.54, 1.807) is 24.2 Å². The first kappa shape index (κ1) is 11.7. The highest BCUT2D eigenvalue weighted by Gasteiger charge is 2.12. The van der Waals surface area contributed by atoms with Gasteiger partial charge < -0.3 is 10.6 Å². The summed E-state index contributed by atoms with van der Waals surface area (Å²) in [6.45, 7) is 6.43. The van der Waals surface area contributed by atoms with Crippen molar-refractivity contribution in [3.05, 3.63) is 35.8 Å². The Balaban J connectivity index is 2.98. The molecule has 1 aromatic rings. The maximum atomic E-state index is 13.8. The topological polar surface area (TPSA) is 42.2 Å². The molecular formula is C11H16FN3. The maximum absolute atomic E-state index is 13.8. The quantitative estimate of drug-likeness (QED) is 0.767. The molecule has 0 saturated heterocycles. The molecular weight excluding hydrogens is 193 g/mol. The van der Waals surface area contributed by atoms with E-state index in [0.29, 0.717) is 17.9 Å². The molecule has 4 heteroatoms. The zero-order valence-corrected chi connectivity index (χ0v) is 9.13. The third-order valence-corrected chi connectivity index (χ3v) is 2.04. The second kappa shape index (κ2) is 4.89. The summed E-state index contributed by atoms with van der Waals surface area (Å²) in [6.07, 6.45) is 1.57. The molecule has 1 heterocycles. The van der Waals surface area contributed by atoms with E-state index in [1.807, 2.05) is 6.92 Å². The molecule has 0 amide bonds. The molecule has 0 unspecified atom stereocenters. The minimum atomic E-state index is -0.344. The van der Waals surface area contributed by atoms with Crippen LogP contribution >= 0.6 is 0 Å². The zero-order valence-electron chi connectivity index (χ0n) is 9.13. The fraction of sp³-hybridized carbons (Fsp3) is 0.364. The van der Waals surface area contributed by atoms with Gasteiger partial charge in [0.25, 0.3) is 0 Å². The van der Waals surface area contributed by atoms with Crippen molar-refractivity contribution >= 4 is 5.82 Å². The van der Waals surface area contributed by atoms with Gasteiger partial charge in [-0.15, -0.1) is 0 Å². The lowest BCUT2D eigenvalue weighted by Crippen LogP contribution is -2.22. The van der Waals surface area contributed by atoms with Crippen LogP contribution in [0.4, 0.5) is 10.2 Å². The summed E-state index contributed by atoms with van der Waals surface area (Å²) in [5.74, 6) is -0.0234. The highest BCUT2D eigenvalue weighted by atomic mass is 19.1. The number of nitrogens with zero attached hydrogens (tertiary/aromatic N) is 2. The standard InChI is InChI=1S/C11H16FN3/c1-8(2)7-15(3)11-10(12)9(6-13)4-5-14-11/h4-5H,1,6-7,13H2,2-3H3. The zero-order chi connectivity index (χ0) is 11.4. The van der Waals surface area contributed by atoms with Gasteiger partial charge in [-0.2, -0.15) is 0 Å². The van der Waals surface area contributed by atoms with Crippen LogP contribution in [0, 0.1) is 5.82 Å². The number of nitrogens with two attached hydrogens (primary N) is 1. The summed E-state index contributed by atoms with van der Waals surface area (Å²) in [4.78, 5) is 5.71. The Morgan fingerprint density at radius 3 is 2.87 bits per heavy atom. The fourth-order valence-corrected chi connectivity index (χ4v) is 1.37. The molecule has 0 spiro atoms. The number of likely N-dealkylation sites (N-methyl/N-ethyl adjacent to an activating group) is 1. The molecule has 2 N–H and O–H groups in total. The van der Waals surface area contributed by atoms with Gasteiger partial charge >= 0.3 is 0 Å². The van der Waals surface area contributed by atoms with Crippen LogP contribution in [0.2, 0.25) is 0 Å². The minimum Gasteiger partial charge on any atom is -0.353 e. The fourth-order valence-electron chi connectivity index (χ4n) is 1.37. The molecule has 0 aliphatic heterocycles. The van der Waals surface area contributed by atoms with E-state index in [1.165, 1.54) is 0 Å². The Kier molecular flexibility index (Phi) is 3.80. The Bertz CT molecular complexity index is 363. The van der Waals surface area contributed by atoms with Crippen molar-refractivity contribution in [2.24, 2.45) is 5.73 Å².